The van der Waals surface area contributed by atoms with Crippen molar-refractivity contribution in [3.63, 3.8) is 0 Å². The van der Waals surface area contributed by atoms with Crippen molar-refractivity contribution < 1.29 is 13.2 Å². The van der Waals surface area contributed by atoms with Crippen LogP contribution in [-0.2, 0) is 12.6 Å². The minimum absolute atomic E-state index is 0.543. The Labute approximate surface area is 109 Å². The highest BCUT2D eigenvalue weighted by atomic mass is 19.4. The smallest absolute Gasteiger partial charge is 0.330 e. The van der Waals surface area contributed by atoms with Crippen LogP contribution in [0.5, 0.6) is 0 Å². The Bertz CT molecular complexity index is 530. The Balaban J connectivity index is 2.22. The summed E-state index contributed by atoms with van der Waals surface area (Å²) in [6.45, 7) is 0.543. The summed E-state index contributed by atoms with van der Waals surface area (Å²) in [6, 6.07) is 8.64. The standard InChI is InChI=1S/C14H13F3N2/c15-14(16,17)12-4-2-11(3-5-12)13-6-1-10(7-8-18)9-19-13/h1-6,9H,7-8,18H2. The summed E-state index contributed by atoms with van der Waals surface area (Å²) in [5, 5.41) is 0. The van der Waals surface area contributed by atoms with Crippen molar-refractivity contribution in [1.82, 2.24) is 4.98 Å². The van der Waals surface area contributed by atoms with E-state index in [0.29, 0.717) is 17.8 Å². The molecule has 0 aliphatic carbocycles. The highest BCUT2D eigenvalue weighted by Crippen LogP contribution is 2.30. The average Bonchev–Trinajstić information content (AvgIpc) is 2.39. The molecular weight excluding hydrogens is 253 g/mol. The zero-order valence-corrected chi connectivity index (χ0v) is 10.1. The number of alkyl halides is 3. The lowest BCUT2D eigenvalue weighted by Crippen LogP contribution is -2.04. The van der Waals surface area contributed by atoms with E-state index >= 15 is 0 Å². The van der Waals surface area contributed by atoms with Crippen molar-refractivity contribution in [3.05, 3.63) is 53.7 Å². The van der Waals surface area contributed by atoms with Crippen LogP contribution in [0, 0.1) is 0 Å². The topological polar surface area (TPSA) is 38.9 Å². The summed E-state index contributed by atoms with van der Waals surface area (Å²) in [5.74, 6) is 0. The number of hydrogen-bond donors (Lipinski definition) is 1. The minimum atomic E-state index is -4.31. The highest BCUT2D eigenvalue weighted by molar-refractivity contribution is 5.59. The number of hydrogen-bond acceptors (Lipinski definition) is 2. The first-order valence-corrected chi connectivity index (χ1v) is 5.83. The first-order valence-electron chi connectivity index (χ1n) is 5.83. The summed E-state index contributed by atoms with van der Waals surface area (Å²) >= 11 is 0. The van der Waals surface area contributed by atoms with E-state index < -0.39 is 11.7 Å². The highest BCUT2D eigenvalue weighted by Gasteiger charge is 2.29. The van der Waals surface area contributed by atoms with Crippen LogP contribution in [0.15, 0.2) is 42.6 Å². The Morgan fingerprint density at radius 1 is 1.00 bits per heavy atom. The van der Waals surface area contributed by atoms with Crippen LogP contribution in [0.3, 0.4) is 0 Å². The normalized spacial score (nSPS) is 11.6. The first kappa shape index (κ1) is 13.5. The fourth-order valence-corrected chi connectivity index (χ4v) is 1.74. The van der Waals surface area contributed by atoms with Gasteiger partial charge >= 0.3 is 6.18 Å². The lowest BCUT2D eigenvalue weighted by molar-refractivity contribution is -0.137. The molecule has 2 rings (SSSR count). The molecule has 0 atom stereocenters. The van der Waals surface area contributed by atoms with Gasteiger partial charge in [-0.2, -0.15) is 13.2 Å². The monoisotopic (exact) mass is 266 g/mol. The third-order valence-corrected chi connectivity index (χ3v) is 2.77. The molecule has 0 aliphatic heterocycles. The van der Waals surface area contributed by atoms with Crippen LogP contribution >= 0.6 is 0 Å². The maximum absolute atomic E-state index is 12.4. The molecule has 2 nitrogen and oxygen atoms in total. The average molecular weight is 266 g/mol. The van der Waals surface area contributed by atoms with Crippen molar-refractivity contribution in [2.24, 2.45) is 5.73 Å². The Morgan fingerprint density at radius 3 is 2.16 bits per heavy atom. The molecule has 1 heterocycles. The van der Waals surface area contributed by atoms with Gasteiger partial charge in [0.1, 0.15) is 0 Å². The van der Waals surface area contributed by atoms with Crippen molar-refractivity contribution >= 4 is 0 Å². The number of benzene rings is 1. The number of pyridine rings is 1. The molecule has 0 fully saturated rings. The molecule has 5 heteroatoms. The maximum atomic E-state index is 12.4. The molecule has 0 radical (unpaired) electrons. The number of aromatic nitrogens is 1. The molecule has 0 saturated heterocycles. The molecular formula is C14H13F3N2. The maximum Gasteiger partial charge on any atom is 0.416 e. The van der Waals surface area contributed by atoms with Crippen LogP contribution < -0.4 is 5.73 Å². The van der Waals surface area contributed by atoms with Gasteiger partial charge in [0.15, 0.2) is 0 Å². The van der Waals surface area contributed by atoms with Gasteiger partial charge in [-0.05, 0) is 36.7 Å². The van der Waals surface area contributed by atoms with Crippen LogP contribution in [0.1, 0.15) is 11.1 Å². The molecule has 100 valence electrons. The molecule has 0 spiro atoms. The minimum Gasteiger partial charge on any atom is -0.330 e. The van der Waals surface area contributed by atoms with E-state index in [9.17, 15) is 13.2 Å². The first-order chi connectivity index (χ1) is 9.00. The summed E-state index contributed by atoms with van der Waals surface area (Å²) in [4.78, 5) is 4.22. The van der Waals surface area contributed by atoms with Gasteiger partial charge in [0.05, 0.1) is 11.3 Å². The van der Waals surface area contributed by atoms with Crippen molar-refractivity contribution in [3.8, 4) is 11.3 Å². The molecule has 1 aromatic heterocycles. The van der Waals surface area contributed by atoms with Crippen molar-refractivity contribution in [2.75, 3.05) is 6.54 Å². The van der Waals surface area contributed by atoms with Gasteiger partial charge in [0, 0.05) is 11.8 Å². The lowest BCUT2D eigenvalue weighted by atomic mass is 10.1. The second kappa shape index (κ2) is 5.40. The summed E-state index contributed by atoms with van der Waals surface area (Å²) in [6.07, 6.45) is -1.88. The van der Waals surface area contributed by atoms with Crippen LogP contribution in [0.25, 0.3) is 11.3 Å². The SMILES string of the molecule is NCCc1ccc(-c2ccc(C(F)(F)F)cc2)nc1. The second-order valence-electron chi connectivity index (χ2n) is 4.17. The van der Waals surface area contributed by atoms with E-state index in [1.54, 1.807) is 12.3 Å². The zero-order chi connectivity index (χ0) is 13.9. The number of nitrogens with zero attached hydrogens (tertiary/aromatic N) is 1. The van der Waals surface area contributed by atoms with E-state index in [-0.39, 0.29) is 0 Å². The summed E-state index contributed by atoms with van der Waals surface area (Å²) < 4.78 is 37.3. The van der Waals surface area contributed by atoms with E-state index in [0.717, 1.165) is 24.1 Å². The van der Waals surface area contributed by atoms with E-state index in [1.165, 1.54) is 12.1 Å². The largest absolute Gasteiger partial charge is 0.416 e. The molecule has 0 amide bonds. The van der Waals surface area contributed by atoms with Gasteiger partial charge in [-0.1, -0.05) is 18.2 Å². The summed E-state index contributed by atoms with van der Waals surface area (Å²) in [5.41, 5.74) is 7.10. The predicted molar refractivity (Wildman–Crippen MR) is 67.4 cm³/mol. The number of rotatable bonds is 3. The van der Waals surface area contributed by atoms with Gasteiger partial charge < -0.3 is 5.73 Å². The van der Waals surface area contributed by atoms with Crippen molar-refractivity contribution in [2.45, 2.75) is 12.6 Å². The molecule has 0 bridgehead atoms. The van der Waals surface area contributed by atoms with Crippen LogP contribution in [0.2, 0.25) is 0 Å². The number of nitrogens with two attached hydrogens (primary N) is 1. The van der Waals surface area contributed by atoms with Crippen LogP contribution in [0.4, 0.5) is 13.2 Å². The molecule has 2 aromatic rings. The van der Waals surface area contributed by atoms with Gasteiger partial charge in [-0.3, -0.25) is 4.98 Å². The molecule has 2 N–H and O–H groups in total. The van der Waals surface area contributed by atoms with Gasteiger partial charge in [0.25, 0.3) is 0 Å². The molecule has 0 unspecified atom stereocenters. The third-order valence-electron chi connectivity index (χ3n) is 2.77. The van der Waals surface area contributed by atoms with E-state index in [1.807, 2.05) is 6.07 Å². The quantitative estimate of drug-likeness (QED) is 0.926. The Morgan fingerprint density at radius 2 is 1.68 bits per heavy atom. The zero-order valence-electron chi connectivity index (χ0n) is 10.1. The fourth-order valence-electron chi connectivity index (χ4n) is 1.74. The fraction of sp³-hybridized carbons (Fsp3) is 0.214. The second-order valence-corrected chi connectivity index (χ2v) is 4.17. The summed E-state index contributed by atoms with van der Waals surface area (Å²) in [7, 11) is 0. The lowest BCUT2D eigenvalue weighted by Gasteiger charge is -2.07. The Hall–Kier alpha value is -1.88. The molecule has 19 heavy (non-hydrogen) atoms. The Kier molecular flexibility index (Phi) is 3.85. The van der Waals surface area contributed by atoms with Gasteiger partial charge in [0.2, 0.25) is 0 Å². The third kappa shape index (κ3) is 3.32. The van der Waals surface area contributed by atoms with Crippen LogP contribution in [-0.4, -0.2) is 11.5 Å². The van der Waals surface area contributed by atoms with Gasteiger partial charge in [-0.25, -0.2) is 0 Å². The molecule has 0 saturated carbocycles. The number of halogens is 3. The predicted octanol–water partition coefficient (Wildman–Crippen LogP) is 3.27. The van der Waals surface area contributed by atoms with Gasteiger partial charge in [-0.15, -0.1) is 0 Å². The molecule has 1 aromatic carbocycles. The molecule has 0 aliphatic rings. The van der Waals surface area contributed by atoms with E-state index in [4.69, 9.17) is 5.73 Å². The van der Waals surface area contributed by atoms with Crippen molar-refractivity contribution in [1.29, 1.82) is 0 Å². The van der Waals surface area contributed by atoms with E-state index in [2.05, 4.69) is 4.98 Å².